The van der Waals surface area contributed by atoms with Crippen LogP contribution in [0.5, 0.6) is 0 Å². The Labute approximate surface area is 142 Å². The van der Waals surface area contributed by atoms with Crippen LogP contribution >= 0.6 is 0 Å². The number of nitrogens with two attached hydrogens (primary N) is 1. The number of likely N-dealkylation sites (tertiary alicyclic amines) is 1. The lowest BCUT2D eigenvalue weighted by molar-refractivity contribution is -0.132. The topological polar surface area (TPSA) is 113 Å². The molecule has 4 N–H and O–H groups in total. The number of nitrogens with one attached hydrogen (secondary N) is 2. The number of piperidine rings is 1. The maximum atomic E-state index is 12.1. The van der Waals surface area contributed by atoms with Crippen molar-refractivity contribution in [3.63, 3.8) is 0 Å². The SMILES string of the molecule is CNc1nc(NC2CCN(C(=O)CC(C)C)CC2)ncc1C(N)=O. The van der Waals surface area contributed by atoms with E-state index in [2.05, 4.69) is 34.4 Å². The summed E-state index contributed by atoms with van der Waals surface area (Å²) in [5.41, 5.74) is 5.55. The highest BCUT2D eigenvalue weighted by Crippen LogP contribution is 2.18. The summed E-state index contributed by atoms with van der Waals surface area (Å²) in [7, 11) is 1.68. The second kappa shape index (κ2) is 7.94. The van der Waals surface area contributed by atoms with E-state index in [9.17, 15) is 9.59 Å². The first-order chi connectivity index (χ1) is 11.4. The molecular formula is C16H26N6O2. The van der Waals surface area contributed by atoms with Crippen molar-refractivity contribution >= 4 is 23.6 Å². The van der Waals surface area contributed by atoms with E-state index in [-0.39, 0.29) is 17.5 Å². The molecule has 1 saturated heterocycles. The second-order valence-corrected chi connectivity index (χ2v) is 6.47. The number of amides is 2. The van der Waals surface area contributed by atoms with Gasteiger partial charge in [0.1, 0.15) is 5.82 Å². The molecule has 24 heavy (non-hydrogen) atoms. The van der Waals surface area contributed by atoms with Crippen molar-refractivity contribution in [3.8, 4) is 0 Å². The fourth-order valence-electron chi connectivity index (χ4n) is 2.76. The van der Waals surface area contributed by atoms with Gasteiger partial charge in [0.25, 0.3) is 5.91 Å². The largest absolute Gasteiger partial charge is 0.372 e. The monoisotopic (exact) mass is 334 g/mol. The minimum atomic E-state index is -0.567. The molecule has 0 atom stereocenters. The van der Waals surface area contributed by atoms with Crippen molar-refractivity contribution < 1.29 is 9.59 Å². The molecule has 2 rings (SSSR count). The van der Waals surface area contributed by atoms with E-state index >= 15 is 0 Å². The maximum Gasteiger partial charge on any atom is 0.254 e. The van der Waals surface area contributed by atoms with Crippen molar-refractivity contribution in [1.82, 2.24) is 14.9 Å². The van der Waals surface area contributed by atoms with Gasteiger partial charge >= 0.3 is 0 Å². The van der Waals surface area contributed by atoms with E-state index in [1.807, 2.05) is 4.90 Å². The molecule has 132 valence electrons. The van der Waals surface area contributed by atoms with E-state index in [0.29, 0.717) is 24.1 Å². The molecule has 0 bridgehead atoms. The fraction of sp³-hybridized carbons (Fsp3) is 0.625. The number of aromatic nitrogens is 2. The van der Waals surface area contributed by atoms with Gasteiger partial charge in [0.15, 0.2) is 0 Å². The molecule has 1 aromatic heterocycles. The van der Waals surface area contributed by atoms with Crippen LogP contribution in [0.25, 0.3) is 0 Å². The molecule has 0 aromatic carbocycles. The highest BCUT2D eigenvalue weighted by Gasteiger charge is 2.23. The van der Waals surface area contributed by atoms with E-state index in [0.717, 1.165) is 25.9 Å². The van der Waals surface area contributed by atoms with Crippen LogP contribution < -0.4 is 16.4 Å². The smallest absolute Gasteiger partial charge is 0.254 e. The Hall–Kier alpha value is -2.38. The van der Waals surface area contributed by atoms with E-state index < -0.39 is 5.91 Å². The number of nitrogens with zero attached hydrogens (tertiary/aromatic N) is 3. The fourth-order valence-corrected chi connectivity index (χ4v) is 2.76. The molecule has 0 unspecified atom stereocenters. The summed E-state index contributed by atoms with van der Waals surface area (Å²) in [6.45, 7) is 5.58. The molecule has 0 radical (unpaired) electrons. The van der Waals surface area contributed by atoms with Gasteiger partial charge in [0, 0.05) is 38.8 Å². The number of carbonyl (C=O) groups is 2. The van der Waals surface area contributed by atoms with E-state index in [4.69, 9.17) is 5.73 Å². The quantitative estimate of drug-likeness (QED) is 0.717. The predicted molar refractivity (Wildman–Crippen MR) is 92.8 cm³/mol. The molecule has 1 aliphatic rings. The number of hydrogen-bond donors (Lipinski definition) is 3. The van der Waals surface area contributed by atoms with Crippen LogP contribution in [0.1, 0.15) is 43.5 Å². The average Bonchev–Trinajstić information content (AvgIpc) is 2.54. The van der Waals surface area contributed by atoms with Crippen LogP contribution in [-0.4, -0.2) is 52.9 Å². The third-order valence-corrected chi connectivity index (χ3v) is 4.05. The Morgan fingerprint density at radius 3 is 2.58 bits per heavy atom. The summed E-state index contributed by atoms with van der Waals surface area (Å²) in [4.78, 5) is 33.8. The van der Waals surface area contributed by atoms with E-state index in [1.54, 1.807) is 7.05 Å². The third kappa shape index (κ3) is 4.56. The molecule has 0 aliphatic carbocycles. The minimum absolute atomic E-state index is 0.206. The minimum Gasteiger partial charge on any atom is -0.372 e. The summed E-state index contributed by atoms with van der Waals surface area (Å²) >= 11 is 0. The van der Waals surface area contributed by atoms with Crippen molar-refractivity contribution in [2.24, 2.45) is 11.7 Å². The Morgan fingerprint density at radius 1 is 1.38 bits per heavy atom. The zero-order valence-electron chi connectivity index (χ0n) is 14.5. The van der Waals surface area contributed by atoms with E-state index in [1.165, 1.54) is 6.20 Å². The highest BCUT2D eigenvalue weighted by atomic mass is 16.2. The van der Waals surface area contributed by atoms with Gasteiger partial charge < -0.3 is 21.3 Å². The average molecular weight is 334 g/mol. The number of carbonyl (C=O) groups excluding carboxylic acids is 2. The predicted octanol–water partition coefficient (Wildman–Crippen LogP) is 1.07. The maximum absolute atomic E-state index is 12.1. The number of hydrogen-bond acceptors (Lipinski definition) is 6. The van der Waals surface area contributed by atoms with Crippen LogP contribution in [0, 0.1) is 5.92 Å². The standard InChI is InChI=1S/C16H26N6O2/c1-10(2)8-13(23)22-6-4-11(5-7-22)20-16-19-9-12(14(17)24)15(18-3)21-16/h9-11H,4-8H2,1-3H3,(H2,17,24)(H2,18,19,20,21). The molecule has 1 aliphatic heterocycles. The molecule has 8 nitrogen and oxygen atoms in total. The first kappa shape index (κ1) is 18.0. The highest BCUT2D eigenvalue weighted by molar-refractivity contribution is 5.97. The second-order valence-electron chi connectivity index (χ2n) is 6.47. The number of rotatable bonds is 6. The van der Waals surface area contributed by atoms with Gasteiger partial charge in [-0.2, -0.15) is 4.98 Å². The lowest BCUT2D eigenvalue weighted by Crippen LogP contribution is -2.42. The zero-order valence-corrected chi connectivity index (χ0v) is 14.5. The van der Waals surface area contributed by atoms with Gasteiger partial charge in [-0.25, -0.2) is 4.98 Å². The first-order valence-electron chi connectivity index (χ1n) is 8.29. The van der Waals surface area contributed by atoms with Crippen LogP contribution in [0.3, 0.4) is 0 Å². The summed E-state index contributed by atoms with van der Waals surface area (Å²) in [5.74, 6) is 0.900. The summed E-state index contributed by atoms with van der Waals surface area (Å²) in [5, 5.41) is 6.12. The van der Waals surface area contributed by atoms with Crippen LogP contribution in [0.2, 0.25) is 0 Å². The molecule has 0 spiro atoms. The molecule has 2 heterocycles. The lowest BCUT2D eigenvalue weighted by atomic mass is 10.0. The van der Waals surface area contributed by atoms with Gasteiger partial charge in [0.05, 0.1) is 5.56 Å². The zero-order chi connectivity index (χ0) is 17.7. The van der Waals surface area contributed by atoms with Gasteiger partial charge in [-0.1, -0.05) is 13.8 Å². The Kier molecular flexibility index (Phi) is 5.94. The van der Waals surface area contributed by atoms with Gasteiger partial charge in [-0.15, -0.1) is 0 Å². The molecule has 1 fully saturated rings. The van der Waals surface area contributed by atoms with Crippen molar-refractivity contribution in [1.29, 1.82) is 0 Å². The Balaban J connectivity index is 1.92. The first-order valence-corrected chi connectivity index (χ1v) is 8.29. The van der Waals surface area contributed by atoms with Crippen LogP contribution in [0.15, 0.2) is 6.20 Å². The Bertz CT molecular complexity index is 596. The number of anilines is 2. The third-order valence-electron chi connectivity index (χ3n) is 4.05. The Morgan fingerprint density at radius 2 is 2.04 bits per heavy atom. The van der Waals surface area contributed by atoms with Crippen molar-refractivity contribution in [2.75, 3.05) is 30.8 Å². The van der Waals surface area contributed by atoms with Crippen LogP contribution in [-0.2, 0) is 4.79 Å². The van der Waals surface area contributed by atoms with Gasteiger partial charge in [0.2, 0.25) is 11.9 Å². The van der Waals surface area contributed by atoms with Gasteiger partial charge in [-0.05, 0) is 18.8 Å². The molecule has 8 heteroatoms. The number of primary amides is 1. The van der Waals surface area contributed by atoms with Crippen molar-refractivity contribution in [2.45, 2.75) is 39.2 Å². The summed E-state index contributed by atoms with van der Waals surface area (Å²) < 4.78 is 0. The lowest BCUT2D eigenvalue weighted by Gasteiger charge is -2.32. The summed E-state index contributed by atoms with van der Waals surface area (Å²) in [6, 6.07) is 0.206. The molecule has 1 aromatic rings. The summed E-state index contributed by atoms with van der Waals surface area (Å²) in [6.07, 6.45) is 3.71. The van der Waals surface area contributed by atoms with Crippen molar-refractivity contribution in [3.05, 3.63) is 11.8 Å². The molecular weight excluding hydrogens is 308 g/mol. The van der Waals surface area contributed by atoms with Gasteiger partial charge in [-0.3, -0.25) is 9.59 Å². The molecule has 0 saturated carbocycles. The van der Waals surface area contributed by atoms with Crippen LogP contribution in [0.4, 0.5) is 11.8 Å². The molecule has 2 amide bonds. The normalized spacial score (nSPS) is 15.4.